The molecule has 1 rings (SSSR count). The van der Waals surface area contributed by atoms with Gasteiger partial charge in [0.15, 0.2) is 5.11 Å². The first-order valence-electron chi connectivity index (χ1n) is 3.93. The monoisotopic (exact) mass is 206 g/mol. The molecule has 0 radical (unpaired) electrons. The van der Waals surface area contributed by atoms with Crippen LogP contribution < -0.4 is 11.2 Å². The zero-order valence-electron chi connectivity index (χ0n) is 7.69. The van der Waals surface area contributed by atoms with Gasteiger partial charge in [0.1, 0.15) is 0 Å². The Hall–Kier alpha value is -1.64. The third-order valence-corrected chi connectivity index (χ3v) is 1.98. The molecule has 0 aliphatic carbocycles. The van der Waals surface area contributed by atoms with E-state index in [-0.39, 0.29) is 0 Å². The smallest absolute Gasteiger partial charge is 0.187 e. The van der Waals surface area contributed by atoms with E-state index in [1.54, 1.807) is 31.3 Å². The molecular formula is C9H10N4S. The molecule has 1 aromatic carbocycles. The van der Waals surface area contributed by atoms with Crippen LogP contribution in [-0.4, -0.2) is 17.2 Å². The Morgan fingerprint density at radius 1 is 1.50 bits per heavy atom. The Kier molecular flexibility index (Phi) is 3.40. The van der Waals surface area contributed by atoms with Gasteiger partial charge in [-0.1, -0.05) is 0 Å². The summed E-state index contributed by atoms with van der Waals surface area (Å²) in [5.41, 5.74) is 1.42. The number of hydrogen-bond acceptors (Lipinski definition) is 3. The quantitative estimate of drug-likeness (QED) is 0.408. The summed E-state index contributed by atoms with van der Waals surface area (Å²) in [6.07, 6.45) is 0. The Labute approximate surface area is 87.9 Å². The van der Waals surface area contributed by atoms with Crippen LogP contribution in [0.2, 0.25) is 0 Å². The molecule has 4 nitrogen and oxygen atoms in total. The number of thiocarbonyl (C=S) groups is 1. The number of hydrazine groups is 1. The predicted octanol–water partition coefficient (Wildman–Crippen LogP) is 1.06. The molecule has 0 saturated carbocycles. The second kappa shape index (κ2) is 4.56. The van der Waals surface area contributed by atoms with Crippen LogP contribution in [0.4, 0.5) is 5.69 Å². The van der Waals surface area contributed by atoms with E-state index < -0.39 is 0 Å². The maximum Gasteiger partial charge on any atom is 0.187 e. The van der Waals surface area contributed by atoms with Crippen LogP contribution in [0.3, 0.4) is 0 Å². The van der Waals surface area contributed by atoms with Gasteiger partial charge in [-0.2, -0.15) is 5.26 Å². The average molecular weight is 206 g/mol. The van der Waals surface area contributed by atoms with E-state index in [9.17, 15) is 0 Å². The molecule has 72 valence electrons. The van der Waals surface area contributed by atoms with Gasteiger partial charge in [0.05, 0.1) is 11.6 Å². The lowest BCUT2D eigenvalue weighted by atomic mass is 10.2. The zero-order chi connectivity index (χ0) is 10.6. The summed E-state index contributed by atoms with van der Waals surface area (Å²) in [6.45, 7) is 0. The highest BCUT2D eigenvalue weighted by Crippen LogP contribution is 2.08. The number of nitrogens with zero attached hydrogens (tertiary/aromatic N) is 2. The van der Waals surface area contributed by atoms with Gasteiger partial charge in [-0.25, -0.2) is 5.84 Å². The number of hydrogen-bond donors (Lipinski definition) is 2. The minimum absolute atomic E-state index is 0.426. The summed E-state index contributed by atoms with van der Waals surface area (Å²) < 4.78 is 0. The normalized spacial score (nSPS) is 8.93. The van der Waals surface area contributed by atoms with Gasteiger partial charge in [-0.15, -0.1) is 0 Å². The van der Waals surface area contributed by atoms with Gasteiger partial charge in [-0.05, 0) is 36.5 Å². The first-order chi connectivity index (χ1) is 6.63. The van der Waals surface area contributed by atoms with Crippen LogP contribution in [0.15, 0.2) is 24.3 Å². The molecule has 14 heavy (non-hydrogen) atoms. The van der Waals surface area contributed by atoms with E-state index >= 15 is 0 Å². The summed E-state index contributed by atoms with van der Waals surface area (Å²) in [5, 5.41) is 13.2. The Morgan fingerprint density at radius 2 is 2.07 bits per heavy atom. The van der Waals surface area contributed by atoms with E-state index in [0.717, 1.165) is 5.69 Å². The fraction of sp³-hybridized carbons (Fsp3) is 0.111. The lowest BCUT2D eigenvalue weighted by Gasteiger charge is -2.14. The summed E-state index contributed by atoms with van der Waals surface area (Å²) in [5.74, 6) is 5.42. The largest absolute Gasteiger partial charge is 0.332 e. The van der Waals surface area contributed by atoms with Gasteiger partial charge >= 0.3 is 0 Å². The SMILES string of the molecule is CN(N)C(=S)Nc1ccc(C#N)cc1. The third-order valence-electron chi connectivity index (χ3n) is 1.59. The molecule has 0 unspecified atom stereocenters. The van der Waals surface area contributed by atoms with E-state index in [4.69, 9.17) is 23.3 Å². The number of nitriles is 1. The fourth-order valence-corrected chi connectivity index (χ4v) is 0.958. The van der Waals surface area contributed by atoms with Crippen LogP contribution in [0.1, 0.15) is 5.56 Å². The van der Waals surface area contributed by atoms with Crippen molar-refractivity contribution in [3.05, 3.63) is 29.8 Å². The molecule has 0 saturated heterocycles. The van der Waals surface area contributed by atoms with Crippen molar-refractivity contribution in [2.24, 2.45) is 5.84 Å². The summed E-state index contributed by atoms with van der Waals surface area (Å²) >= 11 is 4.95. The van der Waals surface area contributed by atoms with E-state index in [0.29, 0.717) is 10.7 Å². The van der Waals surface area contributed by atoms with Crippen molar-refractivity contribution in [2.45, 2.75) is 0 Å². The first kappa shape index (κ1) is 10.4. The number of benzene rings is 1. The highest BCUT2D eigenvalue weighted by atomic mass is 32.1. The molecule has 0 heterocycles. The summed E-state index contributed by atoms with van der Waals surface area (Å²) in [7, 11) is 1.65. The van der Waals surface area contributed by atoms with Crippen LogP contribution in [0, 0.1) is 11.3 Å². The van der Waals surface area contributed by atoms with E-state index in [1.165, 1.54) is 5.01 Å². The lowest BCUT2D eigenvalue weighted by Crippen LogP contribution is -2.36. The minimum atomic E-state index is 0.426. The number of rotatable bonds is 1. The van der Waals surface area contributed by atoms with Crippen molar-refractivity contribution in [1.29, 1.82) is 5.26 Å². The summed E-state index contributed by atoms with van der Waals surface area (Å²) in [6, 6.07) is 9.00. The van der Waals surface area contributed by atoms with E-state index in [1.807, 2.05) is 6.07 Å². The van der Waals surface area contributed by atoms with Crippen LogP contribution >= 0.6 is 12.2 Å². The Balaban J connectivity index is 2.70. The minimum Gasteiger partial charge on any atom is -0.332 e. The molecule has 0 aliphatic rings. The van der Waals surface area contributed by atoms with Gasteiger partial charge in [0.2, 0.25) is 0 Å². The fourth-order valence-electron chi connectivity index (χ4n) is 0.840. The van der Waals surface area contributed by atoms with Crippen molar-refractivity contribution >= 4 is 23.0 Å². The third kappa shape index (κ3) is 2.69. The van der Waals surface area contributed by atoms with Crippen molar-refractivity contribution in [3.63, 3.8) is 0 Å². The molecular weight excluding hydrogens is 196 g/mol. The highest BCUT2D eigenvalue weighted by Gasteiger charge is 1.99. The Morgan fingerprint density at radius 3 is 2.50 bits per heavy atom. The van der Waals surface area contributed by atoms with Crippen LogP contribution in [0.25, 0.3) is 0 Å². The summed E-state index contributed by atoms with van der Waals surface area (Å²) in [4.78, 5) is 0. The molecule has 0 atom stereocenters. The topological polar surface area (TPSA) is 65.1 Å². The average Bonchev–Trinajstić information content (AvgIpc) is 2.19. The van der Waals surface area contributed by atoms with Crippen molar-refractivity contribution in [1.82, 2.24) is 5.01 Å². The molecule has 0 aromatic heterocycles. The highest BCUT2D eigenvalue weighted by molar-refractivity contribution is 7.80. The molecule has 0 amide bonds. The van der Waals surface area contributed by atoms with Crippen molar-refractivity contribution in [3.8, 4) is 6.07 Å². The molecule has 1 aromatic rings. The van der Waals surface area contributed by atoms with Crippen molar-refractivity contribution < 1.29 is 0 Å². The number of nitrogens with two attached hydrogens (primary N) is 1. The zero-order valence-corrected chi connectivity index (χ0v) is 8.51. The van der Waals surface area contributed by atoms with Crippen LogP contribution in [-0.2, 0) is 0 Å². The standard InChI is InChI=1S/C9H10N4S/c1-13(11)9(14)12-8-4-2-7(6-10)3-5-8/h2-5H,11H2,1H3,(H,12,14). The van der Waals surface area contributed by atoms with Crippen LogP contribution in [0.5, 0.6) is 0 Å². The lowest BCUT2D eigenvalue weighted by molar-refractivity contribution is 0.548. The van der Waals surface area contributed by atoms with Gasteiger partial charge in [-0.3, -0.25) is 5.01 Å². The second-order valence-corrected chi connectivity index (χ2v) is 3.12. The molecule has 0 bridgehead atoms. The van der Waals surface area contributed by atoms with Gasteiger partial charge in [0, 0.05) is 12.7 Å². The number of nitrogens with one attached hydrogen (secondary N) is 1. The second-order valence-electron chi connectivity index (χ2n) is 2.73. The first-order valence-corrected chi connectivity index (χ1v) is 4.34. The number of anilines is 1. The van der Waals surface area contributed by atoms with Gasteiger partial charge < -0.3 is 5.32 Å². The molecule has 5 heteroatoms. The van der Waals surface area contributed by atoms with E-state index in [2.05, 4.69) is 5.32 Å². The Bertz CT molecular complexity index is 363. The maximum absolute atomic E-state index is 8.57. The van der Waals surface area contributed by atoms with Crippen molar-refractivity contribution in [2.75, 3.05) is 12.4 Å². The predicted molar refractivity (Wildman–Crippen MR) is 59.3 cm³/mol. The molecule has 3 N–H and O–H groups in total. The molecule has 0 aliphatic heterocycles. The molecule has 0 fully saturated rings. The van der Waals surface area contributed by atoms with Gasteiger partial charge in [0.25, 0.3) is 0 Å². The molecule has 0 spiro atoms. The maximum atomic E-state index is 8.57.